The fraction of sp³-hybridized carbons (Fsp3) is 0.542. The van der Waals surface area contributed by atoms with E-state index in [9.17, 15) is 24.1 Å². The lowest BCUT2D eigenvalue weighted by Gasteiger charge is -2.27. The third-order valence-electron chi connectivity index (χ3n) is 4.98. The van der Waals surface area contributed by atoms with Gasteiger partial charge in [0.2, 0.25) is 0 Å². The molecule has 0 aliphatic rings. The summed E-state index contributed by atoms with van der Waals surface area (Å²) in [5.74, 6) is -0.239. The van der Waals surface area contributed by atoms with Gasteiger partial charge in [-0.3, -0.25) is 23.7 Å². The molecule has 0 saturated heterocycles. The predicted molar refractivity (Wildman–Crippen MR) is 136 cm³/mol. The number of aromatic nitrogens is 2. The molecule has 1 aromatic carbocycles. The van der Waals surface area contributed by atoms with Gasteiger partial charge in [-0.15, -0.1) is 0 Å². The zero-order valence-corrected chi connectivity index (χ0v) is 22.4. The molecule has 4 atom stereocenters. The number of para-hydroxylation sites is 1. The molecule has 1 heterocycles. The lowest BCUT2D eigenvalue weighted by molar-refractivity contribution is -0.146. The number of nitrogens with one attached hydrogen (secondary N) is 2. The minimum Gasteiger partial charge on any atom is -0.464 e. The number of hydrogen-bond acceptors (Lipinski definition) is 9. The Labute approximate surface area is 215 Å². The number of nitrogens with zero attached hydrogens (tertiary/aromatic N) is 1. The Hall–Kier alpha value is -2.76. The Morgan fingerprint density at radius 1 is 1.11 bits per heavy atom. The van der Waals surface area contributed by atoms with Gasteiger partial charge in [0, 0.05) is 18.9 Å². The van der Waals surface area contributed by atoms with Crippen LogP contribution in [0.3, 0.4) is 0 Å². The van der Waals surface area contributed by atoms with Crippen LogP contribution in [0, 0.1) is 5.92 Å². The smallest absolute Gasteiger partial charge is 0.459 e. The number of esters is 1. The largest absolute Gasteiger partial charge is 0.464 e. The van der Waals surface area contributed by atoms with Gasteiger partial charge in [0.25, 0.3) is 5.56 Å². The highest BCUT2D eigenvalue weighted by atomic mass is 31.2. The molecular formula is C24H36N3O9P. The summed E-state index contributed by atoms with van der Waals surface area (Å²) in [5.41, 5.74) is -1.20. The fourth-order valence-corrected chi connectivity index (χ4v) is 4.64. The number of aliphatic hydroxyl groups excluding tert-OH is 1. The van der Waals surface area contributed by atoms with Crippen LogP contribution in [0.5, 0.6) is 5.75 Å². The number of hydrogen-bond donors (Lipinski definition) is 3. The molecule has 0 radical (unpaired) electrons. The zero-order valence-electron chi connectivity index (χ0n) is 21.5. The van der Waals surface area contributed by atoms with Crippen molar-refractivity contribution in [3.05, 3.63) is 63.4 Å². The zero-order chi connectivity index (χ0) is 27.4. The van der Waals surface area contributed by atoms with Crippen molar-refractivity contribution < 1.29 is 33.0 Å². The highest BCUT2D eigenvalue weighted by Crippen LogP contribution is 2.45. The van der Waals surface area contributed by atoms with E-state index in [1.807, 2.05) is 13.8 Å². The van der Waals surface area contributed by atoms with Gasteiger partial charge in [-0.1, -0.05) is 32.0 Å². The van der Waals surface area contributed by atoms with Crippen LogP contribution in [-0.2, 0) is 23.4 Å². The summed E-state index contributed by atoms with van der Waals surface area (Å²) in [6, 6.07) is 8.49. The molecule has 0 aliphatic carbocycles. The van der Waals surface area contributed by atoms with Gasteiger partial charge >= 0.3 is 19.4 Å². The second-order valence-corrected chi connectivity index (χ2v) is 10.5. The average Bonchev–Trinajstić information content (AvgIpc) is 2.84. The summed E-state index contributed by atoms with van der Waals surface area (Å²) in [6.45, 7) is 6.69. The van der Waals surface area contributed by atoms with Crippen LogP contribution in [0.15, 0.2) is 52.2 Å². The van der Waals surface area contributed by atoms with Crippen LogP contribution in [0.1, 0.15) is 46.8 Å². The van der Waals surface area contributed by atoms with Crippen molar-refractivity contribution in [2.45, 2.75) is 58.9 Å². The maximum atomic E-state index is 13.7. The molecular weight excluding hydrogens is 505 g/mol. The van der Waals surface area contributed by atoms with E-state index in [2.05, 4.69) is 10.1 Å². The molecule has 1 aromatic heterocycles. The number of carbonyl (C=O) groups excluding carboxylic acids is 1. The van der Waals surface area contributed by atoms with Gasteiger partial charge in [-0.25, -0.2) is 9.36 Å². The van der Waals surface area contributed by atoms with E-state index in [0.717, 1.165) is 0 Å². The quantitative estimate of drug-likeness (QED) is 0.213. The van der Waals surface area contributed by atoms with E-state index in [1.54, 1.807) is 37.3 Å². The highest BCUT2D eigenvalue weighted by molar-refractivity contribution is 7.52. The lowest BCUT2D eigenvalue weighted by atomic mass is 10.2. The van der Waals surface area contributed by atoms with Gasteiger partial charge in [0.1, 0.15) is 18.0 Å². The standard InChI is InChI=1S/C24H36N3O9P/c1-17(2)15-33-23(30)18(3)26-37(32,36-20-9-6-5-7-10-20)34-16-21(11-8-14-28)35-19(4)27-13-12-22(29)25-24(27)31/h5-7,9-10,12-13,17-19,21,28H,8,11,14-16H2,1-4H3,(H,26,32)(H,25,29,31)/t18-,19+,21-,37?/m0/s1. The highest BCUT2D eigenvalue weighted by Gasteiger charge is 2.33. The summed E-state index contributed by atoms with van der Waals surface area (Å²) in [6.07, 6.45) is 0.403. The molecule has 0 bridgehead atoms. The molecule has 0 aliphatic heterocycles. The normalized spacial score (nSPS) is 15.5. The Morgan fingerprint density at radius 2 is 1.81 bits per heavy atom. The van der Waals surface area contributed by atoms with Crippen LogP contribution < -0.4 is 20.9 Å². The first-order chi connectivity index (χ1) is 17.5. The minimum atomic E-state index is -4.13. The van der Waals surface area contributed by atoms with Gasteiger partial charge in [-0.05, 0) is 44.7 Å². The van der Waals surface area contributed by atoms with Gasteiger partial charge < -0.3 is 19.1 Å². The number of ether oxygens (including phenoxy) is 2. The van der Waals surface area contributed by atoms with Gasteiger partial charge in [0.05, 0.1) is 19.3 Å². The number of H-pyrrole nitrogens is 1. The third kappa shape index (κ3) is 10.6. The topological polar surface area (TPSA) is 158 Å². The summed E-state index contributed by atoms with van der Waals surface area (Å²) in [7, 11) is -4.13. The second kappa shape index (κ2) is 14.8. The maximum Gasteiger partial charge on any atom is 0.459 e. The minimum absolute atomic E-state index is 0.123. The van der Waals surface area contributed by atoms with E-state index in [4.69, 9.17) is 18.5 Å². The Balaban J connectivity index is 2.18. The first kappa shape index (κ1) is 30.5. The van der Waals surface area contributed by atoms with E-state index < -0.39 is 43.3 Å². The molecule has 3 N–H and O–H groups in total. The van der Waals surface area contributed by atoms with Gasteiger partial charge in [-0.2, -0.15) is 5.09 Å². The number of carbonyl (C=O) groups is 1. The van der Waals surface area contributed by atoms with Crippen LogP contribution in [-0.4, -0.2) is 52.6 Å². The van der Waals surface area contributed by atoms with Crippen molar-refractivity contribution >= 4 is 13.7 Å². The summed E-state index contributed by atoms with van der Waals surface area (Å²) in [5, 5.41) is 11.9. The molecule has 1 unspecified atom stereocenters. The molecule has 0 saturated carbocycles. The second-order valence-electron chi connectivity index (χ2n) is 8.81. The first-order valence-electron chi connectivity index (χ1n) is 12.0. The average molecular weight is 542 g/mol. The molecule has 13 heteroatoms. The number of aliphatic hydroxyl groups is 1. The molecule has 12 nitrogen and oxygen atoms in total. The van der Waals surface area contributed by atoms with E-state index in [-0.39, 0.29) is 31.5 Å². The van der Waals surface area contributed by atoms with Crippen molar-refractivity contribution in [3.8, 4) is 5.75 Å². The van der Waals surface area contributed by atoms with Crippen LogP contribution in [0.4, 0.5) is 0 Å². The molecule has 206 valence electrons. The Morgan fingerprint density at radius 3 is 2.43 bits per heavy atom. The van der Waals surface area contributed by atoms with E-state index in [1.165, 1.54) is 23.8 Å². The predicted octanol–water partition coefficient (Wildman–Crippen LogP) is 2.59. The number of benzene rings is 1. The molecule has 37 heavy (non-hydrogen) atoms. The van der Waals surface area contributed by atoms with Crippen LogP contribution in [0.25, 0.3) is 0 Å². The molecule has 0 fully saturated rings. The van der Waals surface area contributed by atoms with E-state index in [0.29, 0.717) is 12.8 Å². The Kier molecular flexibility index (Phi) is 12.2. The molecule has 0 amide bonds. The maximum absolute atomic E-state index is 13.7. The monoisotopic (exact) mass is 541 g/mol. The molecule has 2 aromatic rings. The third-order valence-corrected chi connectivity index (χ3v) is 6.62. The molecule has 0 spiro atoms. The molecule has 2 rings (SSSR count). The number of aromatic amines is 1. The van der Waals surface area contributed by atoms with Crippen molar-refractivity contribution in [2.75, 3.05) is 19.8 Å². The first-order valence-corrected chi connectivity index (χ1v) is 13.6. The van der Waals surface area contributed by atoms with Crippen molar-refractivity contribution in [2.24, 2.45) is 5.92 Å². The van der Waals surface area contributed by atoms with Crippen molar-refractivity contribution in [3.63, 3.8) is 0 Å². The van der Waals surface area contributed by atoms with Crippen LogP contribution in [0.2, 0.25) is 0 Å². The fourth-order valence-electron chi connectivity index (χ4n) is 3.12. The van der Waals surface area contributed by atoms with Crippen LogP contribution >= 0.6 is 7.75 Å². The summed E-state index contributed by atoms with van der Waals surface area (Å²) < 4.78 is 37.4. The summed E-state index contributed by atoms with van der Waals surface area (Å²) >= 11 is 0. The van der Waals surface area contributed by atoms with Crippen molar-refractivity contribution in [1.82, 2.24) is 14.6 Å². The number of rotatable bonds is 16. The lowest BCUT2D eigenvalue weighted by Crippen LogP contribution is -2.37. The van der Waals surface area contributed by atoms with E-state index >= 15 is 0 Å². The summed E-state index contributed by atoms with van der Waals surface area (Å²) in [4.78, 5) is 38.0. The Bertz CT molecular complexity index is 1140. The van der Waals surface area contributed by atoms with Gasteiger partial charge in [0.15, 0.2) is 0 Å². The SMILES string of the molecule is CC(C)COC(=O)[C@H](C)NP(=O)(OC[C@H](CCCO)O[C@H](C)n1ccc(=O)[nH]c1=O)Oc1ccccc1. The van der Waals surface area contributed by atoms with Crippen molar-refractivity contribution in [1.29, 1.82) is 0 Å².